The van der Waals surface area contributed by atoms with E-state index in [1.807, 2.05) is 12.1 Å². The van der Waals surface area contributed by atoms with Crippen molar-refractivity contribution in [3.8, 4) is 5.75 Å². The van der Waals surface area contributed by atoms with E-state index in [1.54, 1.807) is 19.8 Å². The fourth-order valence-corrected chi connectivity index (χ4v) is 2.96. The summed E-state index contributed by atoms with van der Waals surface area (Å²) in [6.07, 6.45) is 3.24. The molecule has 1 fully saturated rings. The van der Waals surface area contributed by atoms with Crippen LogP contribution in [0, 0.1) is 0 Å². The number of hydrogen-bond acceptors (Lipinski definition) is 6. The molecule has 23 heavy (non-hydrogen) atoms. The second-order valence-electron chi connectivity index (χ2n) is 5.47. The molecule has 0 spiro atoms. The Morgan fingerprint density at radius 2 is 1.70 bits per heavy atom. The van der Waals surface area contributed by atoms with Crippen molar-refractivity contribution in [3.05, 3.63) is 36.9 Å². The Labute approximate surface area is 133 Å². The molecule has 2 aromatic heterocycles. The minimum atomic E-state index is 0.715. The Hall–Kier alpha value is -2.83. The van der Waals surface area contributed by atoms with Crippen LogP contribution in [0.25, 0.3) is 11.2 Å². The van der Waals surface area contributed by atoms with Gasteiger partial charge in [-0.05, 0) is 24.3 Å². The van der Waals surface area contributed by atoms with Gasteiger partial charge in [-0.15, -0.1) is 0 Å². The van der Waals surface area contributed by atoms with Gasteiger partial charge in [0, 0.05) is 31.9 Å². The van der Waals surface area contributed by atoms with Crippen molar-refractivity contribution < 1.29 is 4.74 Å². The molecule has 3 heterocycles. The number of imidazole rings is 1. The molecular weight excluding hydrogens is 292 g/mol. The third-order valence-corrected chi connectivity index (χ3v) is 4.22. The fourth-order valence-electron chi connectivity index (χ4n) is 2.96. The zero-order chi connectivity index (χ0) is 15.6. The Balaban J connectivity index is 1.49. The second-order valence-corrected chi connectivity index (χ2v) is 5.47. The molecule has 7 heteroatoms. The smallest absolute Gasteiger partial charge is 0.182 e. The van der Waals surface area contributed by atoms with Gasteiger partial charge in [-0.1, -0.05) is 0 Å². The zero-order valence-corrected chi connectivity index (χ0v) is 12.9. The van der Waals surface area contributed by atoms with Crippen LogP contribution in [0.3, 0.4) is 0 Å². The summed E-state index contributed by atoms with van der Waals surface area (Å²) in [5.41, 5.74) is 2.85. The highest BCUT2D eigenvalue weighted by atomic mass is 16.5. The molecule has 0 radical (unpaired) electrons. The molecule has 0 unspecified atom stereocenters. The SMILES string of the molecule is COc1ccc(N2CCN(c3ncnc4nc[nH]c34)CC2)cc1. The summed E-state index contributed by atoms with van der Waals surface area (Å²) in [5, 5.41) is 0. The molecule has 1 aliphatic heterocycles. The average molecular weight is 310 g/mol. The lowest BCUT2D eigenvalue weighted by Crippen LogP contribution is -2.46. The lowest BCUT2D eigenvalue weighted by atomic mass is 10.2. The van der Waals surface area contributed by atoms with Crippen molar-refractivity contribution >= 4 is 22.7 Å². The minimum absolute atomic E-state index is 0.715. The minimum Gasteiger partial charge on any atom is -0.497 e. The van der Waals surface area contributed by atoms with E-state index in [1.165, 1.54) is 5.69 Å². The van der Waals surface area contributed by atoms with Crippen LogP contribution in [0.1, 0.15) is 0 Å². The number of aromatic amines is 1. The van der Waals surface area contributed by atoms with Gasteiger partial charge in [0.1, 0.15) is 17.6 Å². The quantitative estimate of drug-likeness (QED) is 0.794. The summed E-state index contributed by atoms with van der Waals surface area (Å²) >= 11 is 0. The van der Waals surface area contributed by atoms with Crippen LogP contribution in [0.15, 0.2) is 36.9 Å². The molecule has 1 N–H and O–H groups in total. The number of benzene rings is 1. The Kier molecular flexibility index (Phi) is 3.45. The maximum Gasteiger partial charge on any atom is 0.182 e. The third kappa shape index (κ3) is 2.54. The number of methoxy groups -OCH3 is 1. The summed E-state index contributed by atoms with van der Waals surface area (Å²) in [6, 6.07) is 8.21. The summed E-state index contributed by atoms with van der Waals surface area (Å²) in [5.74, 6) is 1.82. The van der Waals surface area contributed by atoms with Crippen LogP contribution in [-0.4, -0.2) is 53.2 Å². The maximum absolute atomic E-state index is 5.21. The lowest BCUT2D eigenvalue weighted by molar-refractivity contribution is 0.415. The second kappa shape index (κ2) is 5.75. The molecule has 0 saturated carbocycles. The first-order chi connectivity index (χ1) is 11.3. The molecule has 7 nitrogen and oxygen atoms in total. The Morgan fingerprint density at radius 3 is 2.43 bits per heavy atom. The molecule has 3 aromatic rings. The monoisotopic (exact) mass is 310 g/mol. The fraction of sp³-hybridized carbons (Fsp3) is 0.312. The normalized spacial score (nSPS) is 15.2. The van der Waals surface area contributed by atoms with E-state index in [0.29, 0.717) is 5.65 Å². The number of H-pyrrole nitrogens is 1. The average Bonchev–Trinajstić information content (AvgIpc) is 3.11. The molecule has 118 valence electrons. The van der Waals surface area contributed by atoms with Gasteiger partial charge in [-0.3, -0.25) is 0 Å². The van der Waals surface area contributed by atoms with E-state index < -0.39 is 0 Å². The standard InChI is InChI=1S/C16H18N6O/c1-23-13-4-2-12(3-5-13)21-6-8-22(9-7-21)16-14-15(18-10-17-14)19-11-20-16/h2-5,10-11H,6-9H2,1H3,(H,17,18,19,20). The van der Waals surface area contributed by atoms with Gasteiger partial charge in [0.15, 0.2) is 11.5 Å². The number of piperazine rings is 1. The van der Waals surface area contributed by atoms with Crippen molar-refractivity contribution in [2.75, 3.05) is 43.1 Å². The van der Waals surface area contributed by atoms with Crippen LogP contribution in [0.2, 0.25) is 0 Å². The zero-order valence-electron chi connectivity index (χ0n) is 12.9. The first-order valence-electron chi connectivity index (χ1n) is 7.63. The van der Waals surface area contributed by atoms with Gasteiger partial charge < -0.3 is 19.5 Å². The number of nitrogens with one attached hydrogen (secondary N) is 1. The van der Waals surface area contributed by atoms with E-state index in [-0.39, 0.29) is 0 Å². The predicted molar refractivity (Wildman–Crippen MR) is 89.1 cm³/mol. The van der Waals surface area contributed by atoms with Crippen molar-refractivity contribution in [2.45, 2.75) is 0 Å². The van der Waals surface area contributed by atoms with Gasteiger partial charge in [0.05, 0.1) is 13.4 Å². The van der Waals surface area contributed by atoms with E-state index in [2.05, 4.69) is 41.9 Å². The molecule has 1 aromatic carbocycles. The molecule has 1 saturated heterocycles. The number of nitrogens with zero attached hydrogens (tertiary/aromatic N) is 5. The number of aromatic nitrogens is 4. The van der Waals surface area contributed by atoms with Crippen molar-refractivity contribution in [1.29, 1.82) is 0 Å². The molecular formula is C16H18N6O. The highest BCUT2D eigenvalue weighted by molar-refractivity contribution is 5.82. The van der Waals surface area contributed by atoms with Gasteiger partial charge >= 0.3 is 0 Å². The van der Waals surface area contributed by atoms with Gasteiger partial charge in [0.25, 0.3) is 0 Å². The van der Waals surface area contributed by atoms with E-state index in [4.69, 9.17) is 4.74 Å². The highest BCUT2D eigenvalue weighted by Crippen LogP contribution is 2.24. The summed E-state index contributed by atoms with van der Waals surface area (Å²) < 4.78 is 5.21. The summed E-state index contributed by atoms with van der Waals surface area (Å²) in [6.45, 7) is 3.73. The number of fused-ring (bicyclic) bond motifs is 1. The van der Waals surface area contributed by atoms with Crippen molar-refractivity contribution in [2.24, 2.45) is 0 Å². The maximum atomic E-state index is 5.21. The molecule has 1 aliphatic rings. The topological polar surface area (TPSA) is 70.2 Å². The number of anilines is 2. The van der Waals surface area contributed by atoms with E-state index >= 15 is 0 Å². The summed E-state index contributed by atoms with van der Waals surface area (Å²) in [7, 11) is 1.69. The third-order valence-electron chi connectivity index (χ3n) is 4.22. The predicted octanol–water partition coefficient (Wildman–Crippen LogP) is 1.69. The highest BCUT2D eigenvalue weighted by Gasteiger charge is 2.20. The molecule has 0 atom stereocenters. The number of ether oxygens (including phenoxy) is 1. The first kappa shape index (κ1) is 13.8. The summed E-state index contributed by atoms with van der Waals surface area (Å²) in [4.78, 5) is 20.6. The van der Waals surface area contributed by atoms with E-state index in [9.17, 15) is 0 Å². The van der Waals surface area contributed by atoms with Crippen molar-refractivity contribution in [3.63, 3.8) is 0 Å². The molecule has 0 amide bonds. The van der Waals surface area contributed by atoms with Gasteiger partial charge in [-0.2, -0.15) is 0 Å². The lowest BCUT2D eigenvalue weighted by Gasteiger charge is -2.36. The molecule has 0 aliphatic carbocycles. The van der Waals surface area contributed by atoms with Gasteiger partial charge in [0.2, 0.25) is 0 Å². The molecule has 4 rings (SSSR count). The number of rotatable bonds is 3. The largest absolute Gasteiger partial charge is 0.497 e. The van der Waals surface area contributed by atoms with Crippen LogP contribution in [0.4, 0.5) is 11.5 Å². The molecule has 0 bridgehead atoms. The number of hydrogen-bond donors (Lipinski definition) is 1. The Bertz CT molecular complexity index is 792. The first-order valence-corrected chi connectivity index (χ1v) is 7.63. The van der Waals surface area contributed by atoms with Crippen LogP contribution in [-0.2, 0) is 0 Å². The van der Waals surface area contributed by atoms with Gasteiger partial charge in [-0.25, -0.2) is 15.0 Å². The Morgan fingerprint density at radius 1 is 0.957 bits per heavy atom. The van der Waals surface area contributed by atoms with Crippen LogP contribution in [0.5, 0.6) is 5.75 Å². The van der Waals surface area contributed by atoms with E-state index in [0.717, 1.165) is 43.3 Å². The van der Waals surface area contributed by atoms with Crippen LogP contribution >= 0.6 is 0 Å². The van der Waals surface area contributed by atoms with Crippen LogP contribution < -0.4 is 14.5 Å². The van der Waals surface area contributed by atoms with Crippen molar-refractivity contribution in [1.82, 2.24) is 19.9 Å².